The first-order chi connectivity index (χ1) is 12.5. The highest BCUT2D eigenvalue weighted by molar-refractivity contribution is 7.16. The van der Waals surface area contributed by atoms with Crippen molar-refractivity contribution in [2.45, 2.75) is 20.3 Å². The number of rotatable bonds is 6. The zero-order valence-corrected chi connectivity index (χ0v) is 15.7. The minimum atomic E-state index is -0.871. The Kier molecular flexibility index (Phi) is 5.23. The number of aliphatic carboxylic acids is 1. The van der Waals surface area contributed by atoms with Crippen molar-refractivity contribution in [1.29, 1.82) is 0 Å². The Bertz CT molecular complexity index is 950. The number of carbonyl (C=O) groups is 1. The van der Waals surface area contributed by atoms with E-state index in [4.69, 9.17) is 9.72 Å². The van der Waals surface area contributed by atoms with E-state index in [1.165, 1.54) is 11.3 Å². The third-order valence-electron chi connectivity index (χ3n) is 4.01. The summed E-state index contributed by atoms with van der Waals surface area (Å²) in [7, 11) is 1.61. The van der Waals surface area contributed by atoms with Gasteiger partial charge in [-0.25, -0.2) is 4.98 Å². The first-order valence-corrected chi connectivity index (χ1v) is 8.98. The fraction of sp³-hybridized carbons (Fsp3) is 0.200. The van der Waals surface area contributed by atoms with Crippen molar-refractivity contribution in [2.75, 3.05) is 12.4 Å². The predicted molar refractivity (Wildman–Crippen MR) is 105 cm³/mol. The molecule has 134 valence electrons. The number of aryl methyl sites for hydroxylation is 2. The number of carboxylic acids is 1. The van der Waals surface area contributed by atoms with Gasteiger partial charge >= 0.3 is 5.97 Å². The molecule has 26 heavy (non-hydrogen) atoms. The Morgan fingerprint density at radius 2 is 2.00 bits per heavy atom. The van der Waals surface area contributed by atoms with Crippen LogP contribution < -0.4 is 10.1 Å². The van der Waals surface area contributed by atoms with Crippen LogP contribution in [0.25, 0.3) is 11.3 Å². The van der Waals surface area contributed by atoms with Crippen LogP contribution in [-0.2, 0) is 11.2 Å². The lowest BCUT2D eigenvalue weighted by Gasteiger charge is -2.08. The number of nitrogens with one attached hydrogen (secondary N) is 1. The van der Waals surface area contributed by atoms with Gasteiger partial charge in [-0.2, -0.15) is 0 Å². The van der Waals surface area contributed by atoms with Crippen LogP contribution >= 0.6 is 11.3 Å². The van der Waals surface area contributed by atoms with Crippen molar-refractivity contribution >= 4 is 28.1 Å². The van der Waals surface area contributed by atoms with Gasteiger partial charge in [-0.1, -0.05) is 29.8 Å². The summed E-state index contributed by atoms with van der Waals surface area (Å²) in [6.45, 7) is 4.02. The molecule has 0 atom stereocenters. The minimum absolute atomic E-state index is 0.0615. The smallest absolute Gasteiger partial charge is 0.308 e. The van der Waals surface area contributed by atoms with Crippen molar-refractivity contribution in [3.05, 3.63) is 58.5 Å². The summed E-state index contributed by atoms with van der Waals surface area (Å²) in [4.78, 5) is 16.7. The van der Waals surface area contributed by atoms with Crippen LogP contribution in [0.15, 0.2) is 42.5 Å². The lowest BCUT2D eigenvalue weighted by molar-refractivity contribution is -0.136. The van der Waals surface area contributed by atoms with E-state index in [0.29, 0.717) is 10.9 Å². The molecule has 0 aliphatic heterocycles. The first-order valence-electron chi connectivity index (χ1n) is 8.17. The summed E-state index contributed by atoms with van der Waals surface area (Å²) < 4.78 is 5.36. The van der Waals surface area contributed by atoms with Crippen LogP contribution in [0.5, 0.6) is 5.75 Å². The minimum Gasteiger partial charge on any atom is -0.495 e. The second-order valence-electron chi connectivity index (χ2n) is 6.00. The monoisotopic (exact) mass is 368 g/mol. The highest BCUT2D eigenvalue weighted by atomic mass is 32.1. The number of nitrogens with zero attached hydrogens (tertiary/aromatic N) is 1. The Balaban J connectivity index is 2.04. The summed E-state index contributed by atoms with van der Waals surface area (Å²) in [6.07, 6.45) is -0.0615. The van der Waals surface area contributed by atoms with Crippen molar-refractivity contribution in [2.24, 2.45) is 0 Å². The average Bonchev–Trinajstić information content (AvgIpc) is 2.99. The van der Waals surface area contributed by atoms with Gasteiger partial charge < -0.3 is 15.2 Å². The Hall–Kier alpha value is -2.86. The van der Waals surface area contributed by atoms with Gasteiger partial charge in [-0.05, 0) is 37.6 Å². The number of thiazole rings is 1. The van der Waals surface area contributed by atoms with Gasteiger partial charge in [0.2, 0.25) is 0 Å². The SMILES string of the molecule is COc1ccccc1Nc1nc(-c2cc(C)ccc2C)c(CC(=O)O)s1. The van der Waals surface area contributed by atoms with Crippen LogP contribution in [0.1, 0.15) is 16.0 Å². The topological polar surface area (TPSA) is 71.5 Å². The van der Waals surface area contributed by atoms with E-state index in [1.54, 1.807) is 7.11 Å². The molecule has 0 bridgehead atoms. The molecule has 6 heteroatoms. The second-order valence-corrected chi connectivity index (χ2v) is 7.09. The Labute approximate surface area is 156 Å². The molecule has 1 heterocycles. The number of carboxylic acid groups (broad SMARTS) is 1. The van der Waals surface area contributed by atoms with Crippen LogP contribution in [0.4, 0.5) is 10.8 Å². The molecule has 1 aromatic heterocycles. The number of para-hydroxylation sites is 2. The maximum absolute atomic E-state index is 11.3. The molecule has 0 aliphatic rings. The fourth-order valence-corrected chi connectivity index (χ4v) is 3.71. The lowest BCUT2D eigenvalue weighted by atomic mass is 10.0. The average molecular weight is 368 g/mol. The van der Waals surface area contributed by atoms with E-state index in [1.807, 2.05) is 56.3 Å². The standard InChI is InChI=1S/C20H20N2O3S/c1-12-8-9-13(2)14(10-12)19-17(11-18(23)24)26-20(22-19)21-15-6-4-5-7-16(15)25-3/h4-10H,11H2,1-3H3,(H,21,22)(H,23,24). The molecule has 3 rings (SSSR count). The molecule has 0 spiro atoms. The molecule has 3 aromatic rings. The molecule has 2 N–H and O–H groups in total. The molecule has 0 fully saturated rings. The normalized spacial score (nSPS) is 10.6. The summed E-state index contributed by atoms with van der Waals surface area (Å²) in [5.41, 5.74) is 4.65. The Morgan fingerprint density at radius 3 is 2.73 bits per heavy atom. The van der Waals surface area contributed by atoms with E-state index in [-0.39, 0.29) is 6.42 Å². The number of benzene rings is 2. The molecule has 0 saturated heterocycles. The maximum Gasteiger partial charge on any atom is 0.308 e. The number of anilines is 2. The molecular formula is C20H20N2O3S. The second kappa shape index (κ2) is 7.58. The van der Waals surface area contributed by atoms with E-state index in [9.17, 15) is 9.90 Å². The summed E-state index contributed by atoms with van der Waals surface area (Å²) >= 11 is 1.35. The number of ether oxygens (including phenoxy) is 1. The predicted octanol–water partition coefficient (Wildman–Crippen LogP) is 4.81. The number of hydrogen-bond donors (Lipinski definition) is 2. The zero-order valence-electron chi connectivity index (χ0n) is 14.9. The first kappa shape index (κ1) is 17.9. The molecule has 0 saturated carbocycles. The zero-order chi connectivity index (χ0) is 18.7. The molecule has 0 unspecified atom stereocenters. The largest absolute Gasteiger partial charge is 0.495 e. The van der Waals surface area contributed by atoms with Crippen LogP contribution in [0, 0.1) is 13.8 Å². The summed E-state index contributed by atoms with van der Waals surface area (Å²) in [6, 6.07) is 13.7. The van der Waals surface area contributed by atoms with E-state index < -0.39 is 5.97 Å². The third-order valence-corrected chi connectivity index (χ3v) is 4.98. The highest BCUT2D eigenvalue weighted by Gasteiger charge is 2.18. The van der Waals surface area contributed by atoms with Crippen molar-refractivity contribution < 1.29 is 14.6 Å². The number of methoxy groups -OCH3 is 1. The molecule has 0 amide bonds. The van der Waals surface area contributed by atoms with Gasteiger partial charge in [0.25, 0.3) is 0 Å². The van der Waals surface area contributed by atoms with E-state index in [0.717, 1.165) is 32.9 Å². The van der Waals surface area contributed by atoms with Crippen LogP contribution in [-0.4, -0.2) is 23.2 Å². The van der Waals surface area contributed by atoms with Gasteiger partial charge in [-0.3, -0.25) is 4.79 Å². The van der Waals surface area contributed by atoms with Gasteiger partial charge in [0.15, 0.2) is 5.13 Å². The van der Waals surface area contributed by atoms with Gasteiger partial charge in [0.05, 0.1) is 24.9 Å². The fourth-order valence-electron chi connectivity index (χ4n) is 2.73. The van der Waals surface area contributed by atoms with Crippen LogP contribution in [0.2, 0.25) is 0 Å². The quantitative estimate of drug-likeness (QED) is 0.653. The van der Waals surface area contributed by atoms with Gasteiger partial charge in [-0.15, -0.1) is 11.3 Å². The van der Waals surface area contributed by atoms with Crippen molar-refractivity contribution in [3.63, 3.8) is 0 Å². The van der Waals surface area contributed by atoms with Gasteiger partial charge in [0.1, 0.15) is 5.75 Å². The number of aromatic nitrogens is 1. The molecule has 2 aromatic carbocycles. The molecule has 5 nitrogen and oxygen atoms in total. The molecule has 0 radical (unpaired) electrons. The van der Waals surface area contributed by atoms with Gasteiger partial charge in [0, 0.05) is 10.4 Å². The summed E-state index contributed by atoms with van der Waals surface area (Å²) in [5, 5.41) is 13.2. The number of hydrogen-bond acceptors (Lipinski definition) is 5. The molecule has 0 aliphatic carbocycles. The highest BCUT2D eigenvalue weighted by Crippen LogP contribution is 2.36. The Morgan fingerprint density at radius 1 is 1.23 bits per heavy atom. The van der Waals surface area contributed by atoms with E-state index >= 15 is 0 Å². The van der Waals surface area contributed by atoms with Crippen LogP contribution in [0.3, 0.4) is 0 Å². The van der Waals surface area contributed by atoms with Crippen molar-refractivity contribution in [1.82, 2.24) is 4.98 Å². The van der Waals surface area contributed by atoms with E-state index in [2.05, 4.69) is 5.32 Å². The lowest BCUT2D eigenvalue weighted by Crippen LogP contribution is -2.00. The maximum atomic E-state index is 11.3. The third kappa shape index (κ3) is 3.86. The summed E-state index contributed by atoms with van der Waals surface area (Å²) in [5.74, 6) is -0.167. The molecular weight excluding hydrogens is 348 g/mol. The van der Waals surface area contributed by atoms with Crippen molar-refractivity contribution in [3.8, 4) is 17.0 Å².